The molecule has 1 aliphatic rings. The predicted octanol–water partition coefficient (Wildman–Crippen LogP) is 3.41. The summed E-state index contributed by atoms with van der Waals surface area (Å²) in [5.41, 5.74) is 0.122. The molecular formula is C17H24BFO4. The molecule has 0 amide bonds. The summed E-state index contributed by atoms with van der Waals surface area (Å²) < 4.78 is 31.2. The monoisotopic (exact) mass is 322 g/mol. The number of benzene rings is 1. The summed E-state index contributed by atoms with van der Waals surface area (Å²) in [6.45, 7) is 9.51. The van der Waals surface area contributed by atoms with Gasteiger partial charge in [0.05, 0.1) is 24.7 Å². The Balaban J connectivity index is 2.38. The lowest BCUT2D eigenvalue weighted by Gasteiger charge is -2.32. The minimum atomic E-state index is -0.712. The van der Waals surface area contributed by atoms with Gasteiger partial charge in [-0.2, -0.15) is 0 Å². The molecule has 2 rings (SSSR count). The van der Waals surface area contributed by atoms with Gasteiger partial charge in [0.2, 0.25) is 0 Å². The van der Waals surface area contributed by atoms with Crippen molar-refractivity contribution < 1.29 is 23.2 Å². The molecular weight excluding hydrogens is 298 g/mol. The summed E-state index contributed by atoms with van der Waals surface area (Å²) in [5.74, 6) is -1.36. The van der Waals surface area contributed by atoms with Crippen molar-refractivity contribution in [1.29, 1.82) is 0 Å². The predicted molar refractivity (Wildman–Crippen MR) is 86.6 cm³/mol. The zero-order valence-electron chi connectivity index (χ0n) is 14.6. The van der Waals surface area contributed by atoms with Crippen LogP contribution < -0.4 is 0 Å². The second-order valence-corrected chi connectivity index (χ2v) is 7.04. The maximum absolute atomic E-state index is 14.4. The Hall–Kier alpha value is -1.40. The van der Waals surface area contributed by atoms with Crippen LogP contribution in [0.3, 0.4) is 0 Å². The molecule has 0 aliphatic carbocycles. The van der Waals surface area contributed by atoms with Crippen LogP contribution in [-0.4, -0.2) is 31.4 Å². The highest BCUT2D eigenvalue weighted by Gasteiger charge is 2.54. The number of rotatable bonds is 4. The summed E-state index contributed by atoms with van der Waals surface area (Å²) in [4.78, 5) is 11.8. The molecule has 1 heterocycles. The van der Waals surface area contributed by atoms with Gasteiger partial charge in [-0.05, 0) is 51.8 Å². The van der Waals surface area contributed by atoms with Crippen LogP contribution >= 0.6 is 0 Å². The van der Waals surface area contributed by atoms with E-state index >= 15 is 0 Å². The lowest BCUT2D eigenvalue weighted by atomic mass is 9.66. The number of esters is 1. The molecule has 6 heteroatoms. The van der Waals surface area contributed by atoms with Gasteiger partial charge >= 0.3 is 13.1 Å². The highest BCUT2D eigenvalue weighted by atomic mass is 19.1. The van der Waals surface area contributed by atoms with E-state index in [9.17, 15) is 9.18 Å². The van der Waals surface area contributed by atoms with Gasteiger partial charge in [-0.25, -0.2) is 4.39 Å². The van der Waals surface area contributed by atoms with Crippen LogP contribution in [0.2, 0.25) is 0 Å². The molecule has 1 atom stereocenters. The van der Waals surface area contributed by atoms with Crippen molar-refractivity contribution in [2.24, 2.45) is 0 Å². The second kappa shape index (κ2) is 6.25. The normalized spacial score (nSPS) is 20.4. The van der Waals surface area contributed by atoms with Crippen molar-refractivity contribution in [3.63, 3.8) is 0 Å². The van der Waals surface area contributed by atoms with Crippen LogP contribution in [0, 0.1) is 12.7 Å². The number of carbonyl (C=O) groups is 1. The molecule has 0 spiro atoms. The standard InChI is InChI=1S/C17H24BFO4/c1-11-7-8-12(14(19)9-11)13(10-15(20)21-6)18-22-16(2,3)17(4,5)23-18/h7-9,13H,10H2,1-6H3. The Morgan fingerprint density at radius 1 is 1.26 bits per heavy atom. The summed E-state index contributed by atoms with van der Waals surface area (Å²) in [6, 6.07) is 4.95. The molecule has 0 N–H and O–H groups in total. The molecule has 126 valence electrons. The highest BCUT2D eigenvalue weighted by molar-refractivity contribution is 6.48. The van der Waals surface area contributed by atoms with Gasteiger partial charge in [0.15, 0.2) is 0 Å². The Kier molecular flexibility index (Phi) is 4.88. The summed E-state index contributed by atoms with van der Waals surface area (Å²) in [6.07, 6.45) is -0.00664. The van der Waals surface area contributed by atoms with Crippen molar-refractivity contribution in [3.8, 4) is 0 Å². The van der Waals surface area contributed by atoms with E-state index in [1.807, 2.05) is 40.7 Å². The van der Waals surface area contributed by atoms with Crippen LogP contribution in [-0.2, 0) is 18.8 Å². The quantitative estimate of drug-likeness (QED) is 0.629. The van der Waals surface area contributed by atoms with Crippen LogP contribution in [0.25, 0.3) is 0 Å². The molecule has 1 aromatic carbocycles. The van der Waals surface area contributed by atoms with E-state index in [0.29, 0.717) is 5.56 Å². The van der Waals surface area contributed by atoms with Gasteiger partial charge in [0.1, 0.15) is 5.82 Å². The Morgan fingerprint density at radius 3 is 2.30 bits per heavy atom. The number of hydrogen-bond acceptors (Lipinski definition) is 4. The lowest BCUT2D eigenvalue weighted by molar-refractivity contribution is -0.140. The van der Waals surface area contributed by atoms with Gasteiger partial charge in [0, 0.05) is 5.82 Å². The summed E-state index contributed by atoms with van der Waals surface area (Å²) >= 11 is 0. The Morgan fingerprint density at radius 2 is 1.83 bits per heavy atom. The molecule has 0 bridgehead atoms. The Bertz CT molecular complexity index is 584. The van der Waals surface area contributed by atoms with Gasteiger partial charge in [0.25, 0.3) is 0 Å². The van der Waals surface area contributed by atoms with Crippen molar-refractivity contribution in [1.82, 2.24) is 0 Å². The molecule has 4 nitrogen and oxygen atoms in total. The molecule has 0 aromatic heterocycles. The number of hydrogen-bond donors (Lipinski definition) is 0. The van der Waals surface area contributed by atoms with Crippen molar-refractivity contribution in [3.05, 3.63) is 35.1 Å². The summed E-state index contributed by atoms with van der Waals surface area (Å²) in [7, 11) is 0.603. The van der Waals surface area contributed by atoms with Gasteiger partial charge < -0.3 is 14.0 Å². The van der Waals surface area contributed by atoms with E-state index in [4.69, 9.17) is 14.0 Å². The van der Waals surface area contributed by atoms with E-state index in [1.165, 1.54) is 13.2 Å². The second-order valence-electron chi connectivity index (χ2n) is 7.04. The molecule has 0 radical (unpaired) electrons. The van der Waals surface area contributed by atoms with Crippen LogP contribution in [0.4, 0.5) is 4.39 Å². The molecule has 1 unspecified atom stereocenters. The number of methoxy groups -OCH3 is 1. The largest absolute Gasteiger partial charge is 0.469 e. The molecule has 23 heavy (non-hydrogen) atoms. The van der Waals surface area contributed by atoms with Gasteiger partial charge in [-0.1, -0.05) is 12.1 Å². The van der Waals surface area contributed by atoms with E-state index in [1.54, 1.807) is 6.07 Å². The summed E-state index contributed by atoms with van der Waals surface area (Å²) in [5, 5.41) is 0. The Labute approximate surface area is 137 Å². The average Bonchev–Trinajstić information content (AvgIpc) is 2.65. The number of ether oxygens (including phenoxy) is 1. The molecule has 1 saturated heterocycles. The molecule has 1 aromatic rings. The zero-order chi connectivity index (χ0) is 17.4. The number of halogens is 1. The molecule has 1 fully saturated rings. The lowest BCUT2D eigenvalue weighted by Crippen LogP contribution is -2.41. The fourth-order valence-electron chi connectivity index (χ4n) is 2.60. The minimum absolute atomic E-state index is 0.00664. The van der Waals surface area contributed by atoms with Crippen molar-refractivity contribution in [2.75, 3.05) is 7.11 Å². The zero-order valence-corrected chi connectivity index (χ0v) is 14.6. The van der Waals surface area contributed by atoms with Crippen molar-refractivity contribution >= 4 is 13.1 Å². The molecule has 1 aliphatic heterocycles. The van der Waals surface area contributed by atoms with Crippen LogP contribution in [0.15, 0.2) is 18.2 Å². The van der Waals surface area contributed by atoms with E-state index in [2.05, 4.69) is 0 Å². The smallest absolute Gasteiger partial charge is 0.466 e. The SMILES string of the molecule is COC(=O)CC(B1OC(C)(C)C(C)(C)O1)c1ccc(C)cc1F. The van der Waals surface area contributed by atoms with Crippen LogP contribution in [0.1, 0.15) is 51.1 Å². The first-order chi connectivity index (χ1) is 10.6. The first-order valence-corrected chi connectivity index (χ1v) is 7.76. The van der Waals surface area contributed by atoms with Gasteiger partial charge in [-0.3, -0.25) is 4.79 Å². The third kappa shape index (κ3) is 3.58. The fourth-order valence-corrected chi connectivity index (χ4v) is 2.60. The van der Waals surface area contributed by atoms with E-state index in [-0.39, 0.29) is 12.2 Å². The number of carbonyl (C=O) groups excluding carboxylic acids is 1. The number of aryl methyl sites for hydroxylation is 1. The minimum Gasteiger partial charge on any atom is -0.469 e. The van der Waals surface area contributed by atoms with Gasteiger partial charge in [-0.15, -0.1) is 0 Å². The van der Waals surface area contributed by atoms with E-state index in [0.717, 1.165) is 5.56 Å². The fraction of sp³-hybridized carbons (Fsp3) is 0.588. The third-order valence-corrected chi connectivity index (χ3v) is 4.77. The maximum Gasteiger partial charge on any atom is 0.466 e. The average molecular weight is 322 g/mol. The first kappa shape index (κ1) is 18.0. The first-order valence-electron chi connectivity index (χ1n) is 7.76. The van der Waals surface area contributed by atoms with Crippen molar-refractivity contribution in [2.45, 2.75) is 58.1 Å². The third-order valence-electron chi connectivity index (χ3n) is 4.77. The molecule has 0 saturated carbocycles. The maximum atomic E-state index is 14.4. The topological polar surface area (TPSA) is 44.8 Å². The van der Waals surface area contributed by atoms with Crippen LogP contribution in [0.5, 0.6) is 0 Å². The highest BCUT2D eigenvalue weighted by Crippen LogP contribution is 2.42. The van der Waals surface area contributed by atoms with E-state index < -0.39 is 30.1 Å².